The number of hydrogen-bond donors (Lipinski definition) is 2. The lowest BCUT2D eigenvalue weighted by Gasteiger charge is -2.26. The standard InChI is InChI=1S/C13H21N3OS.2ClH/c1-10(14)8-13(17)15-4-6-16-5-2-12-11(9-16)3-7-18-12;;/h3,7,10H,2,4-6,8-9,14H2,1H3,(H,15,17);2*1H. The lowest BCUT2D eigenvalue weighted by Crippen LogP contribution is -2.38. The van der Waals surface area contributed by atoms with E-state index in [0.29, 0.717) is 13.0 Å². The number of halogens is 2. The molecule has 3 N–H and O–H groups in total. The minimum atomic E-state index is -0.0617. The van der Waals surface area contributed by atoms with Gasteiger partial charge in [-0.3, -0.25) is 9.69 Å². The Bertz CT molecular complexity index is 412. The normalized spacial score (nSPS) is 15.5. The summed E-state index contributed by atoms with van der Waals surface area (Å²) in [7, 11) is 0. The Balaban J connectivity index is 0.00000180. The number of thiophene rings is 1. The molecule has 7 heteroatoms. The number of nitrogens with zero attached hydrogens (tertiary/aromatic N) is 1. The summed E-state index contributed by atoms with van der Waals surface area (Å²) >= 11 is 1.85. The second-order valence-corrected chi connectivity index (χ2v) is 5.93. The second kappa shape index (κ2) is 9.58. The molecule has 1 atom stereocenters. The number of nitrogens with two attached hydrogens (primary N) is 1. The molecule has 0 radical (unpaired) electrons. The molecule has 1 aliphatic rings. The van der Waals surface area contributed by atoms with Crippen LogP contribution < -0.4 is 11.1 Å². The summed E-state index contributed by atoms with van der Waals surface area (Å²) in [6.07, 6.45) is 1.55. The number of hydrogen-bond acceptors (Lipinski definition) is 4. The first-order chi connectivity index (χ1) is 8.65. The fourth-order valence-corrected chi connectivity index (χ4v) is 3.11. The van der Waals surface area contributed by atoms with Crippen LogP contribution in [-0.4, -0.2) is 36.5 Å². The lowest BCUT2D eigenvalue weighted by atomic mass is 10.1. The van der Waals surface area contributed by atoms with Gasteiger partial charge in [0, 0.05) is 43.5 Å². The highest BCUT2D eigenvalue weighted by molar-refractivity contribution is 7.10. The van der Waals surface area contributed by atoms with Crippen molar-refractivity contribution >= 4 is 42.1 Å². The van der Waals surface area contributed by atoms with E-state index in [0.717, 1.165) is 26.1 Å². The highest BCUT2D eigenvalue weighted by atomic mass is 35.5. The van der Waals surface area contributed by atoms with Gasteiger partial charge in [-0.05, 0) is 30.4 Å². The summed E-state index contributed by atoms with van der Waals surface area (Å²) in [4.78, 5) is 15.4. The molecule has 2 rings (SSSR count). The molecule has 1 amide bonds. The SMILES string of the molecule is CC(N)CC(=O)NCCN1CCc2sccc2C1.Cl.Cl. The number of rotatable bonds is 5. The van der Waals surface area contributed by atoms with Gasteiger partial charge < -0.3 is 11.1 Å². The molecule has 0 spiro atoms. The van der Waals surface area contributed by atoms with Crippen molar-refractivity contribution in [1.29, 1.82) is 0 Å². The molecule has 1 aliphatic heterocycles. The predicted molar refractivity (Wildman–Crippen MR) is 89.1 cm³/mol. The van der Waals surface area contributed by atoms with Gasteiger partial charge in [0.25, 0.3) is 0 Å². The minimum Gasteiger partial charge on any atom is -0.355 e. The Hall–Kier alpha value is -0.330. The third kappa shape index (κ3) is 5.97. The van der Waals surface area contributed by atoms with Gasteiger partial charge >= 0.3 is 0 Å². The number of amides is 1. The molecule has 116 valence electrons. The predicted octanol–water partition coefficient (Wildman–Crippen LogP) is 1.80. The fraction of sp³-hybridized carbons (Fsp3) is 0.615. The van der Waals surface area contributed by atoms with E-state index >= 15 is 0 Å². The van der Waals surface area contributed by atoms with Crippen LogP contribution in [-0.2, 0) is 17.8 Å². The third-order valence-electron chi connectivity index (χ3n) is 3.14. The largest absolute Gasteiger partial charge is 0.355 e. The van der Waals surface area contributed by atoms with Crippen LogP contribution in [0, 0.1) is 0 Å². The van der Waals surface area contributed by atoms with E-state index in [2.05, 4.69) is 21.7 Å². The summed E-state index contributed by atoms with van der Waals surface area (Å²) in [6, 6.07) is 2.15. The zero-order valence-corrected chi connectivity index (χ0v) is 14.1. The Morgan fingerprint density at radius 2 is 2.30 bits per heavy atom. The Kier molecular flexibility index (Phi) is 9.42. The van der Waals surface area contributed by atoms with Gasteiger partial charge in [-0.15, -0.1) is 36.2 Å². The van der Waals surface area contributed by atoms with Crippen molar-refractivity contribution in [2.24, 2.45) is 5.73 Å². The summed E-state index contributed by atoms with van der Waals surface area (Å²) in [5.74, 6) is 0.0539. The zero-order valence-electron chi connectivity index (χ0n) is 11.6. The Morgan fingerprint density at radius 3 is 3.00 bits per heavy atom. The van der Waals surface area contributed by atoms with Gasteiger partial charge in [0.2, 0.25) is 5.91 Å². The van der Waals surface area contributed by atoms with E-state index in [1.807, 2.05) is 18.3 Å². The van der Waals surface area contributed by atoms with Gasteiger partial charge in [-0.25, -0.2) is 0 Å². The molecular weight excluding hydrogens is 317 g/mol. The molecule has 0 bridgehead atoms. The first-order valence-corrected chi connectivity index (χ1v) is 7.33. The fourth-order valence-electron chi connectivity index (χ4n) is 2.22. The monoisotopic (exact) mass is 339 g/mol. The molecule has 20 heavy (non-hydrogen) atoms. The maximum Gasteiger partial charge on any atom is 0.221 e. The van der Waals surface area contributed by atoms with Crippen molar-refractivity contribution in [2.75, 3.05) is 19.6 Å². The number of nitrogens with one attached hydrogen (secondary N) is 1. The first-order valence-electron chi connectivity index (χ1n) is 6.45. The number of fused-ring (bicyclic) bond motifs is 1. The van der Waals surface area contributed by atoms with Crippen LogP contribution in [0.15, 0.2) is 11.4 Å². The van der Waals surface area contributed by atoms with Gasteiger partial charge in [-0.2, -0.15) is 0 Å². The molecule has 0 saturated heterocycles. The van der Waals surface area contributed by atoms with Gasteiger partial charge in [0.05, 0.1) is 0 Å². The number of carbonyl (C=O) groups excluding carboxylic acids is 1. The van der Waals surface area contributed by atoms with E-state index in [9.17, 15) is 4.79 Å². The smallest absolute Gasteiger partial charge is 0.221 e. The van der Waals surface area contributed by atoms with Gasteiger partial charge in [0.15, 0.2) is 0 Å². The van der Waals surface area contributed by atoms with Crippen LogP contribution in [0.4, 0.5) is 0 Å². The number of carbonyl (C=O) groups is 1. The average molecular weight is 340 g/mol. The van der Waals surface area contributed by atoms with Crippen LogP contribution in [0.5, 0.6) is 0 Å². The van der Waals surface area contributed by atoms with Crippen molar-refractivity contribution < 1.29 is 4.79 Å². The van der Waals surface area contributed by atoms with Crippen molar-refractivity contribution in [2.45, 2.75) is 32.4 Å². The molecule has 1 unspecified atom stereocenters. The summed E-state index contributed by atoms with van der Waals surface area (Å²) in [6.45, 7) is 5.59. The molecule has 1 aromatic rings. The van der Waals surface area contributed by atoms with Crippen molar-refractivity contribution in [3.63, 3.8) is 0 Å². The third-order valence-corrected chi connectivity index (χ3v) is 4.17. The minimum absolute atomic E-state index is 0. The highest BCUT2D eigenvalue weighted by Crippen LogP contribution is 2.23. The first kappa shape index (κ1) is 19.7. The van der Waals surface area contributed by atoms with Crippen LogP contribution in [0.3, 0.4) is 0 Å². The van der Waals surface area contributed by atoms with E-state index < -0.39 is 0 Å². The zero-order chi connectivity index (χ0) is 13.0. The maximum atomic E-state index is 11.4. The summed E-state index contributed by atoms with van der Waals surface area (Å²) < 4.78 is 0. The van der Waals surface area contributed by atoms with Crippen LogP contribution >= 0.6 is 36.2 Å². The summed E-state index contributed by atoms with van der Waals surface area (Å²) in [5, 5.41) is 5.09. The van der Waals surface area contributed by atoms with Crippen molar-refractivity contribution in [1.82, 2.24) is 10.2 Å². The Morgan fingerprint density at radius 1 is 1.55 bits per heavy atom. The average Bonchev–Trinajstić information content (AvgIpc) is 2.75. The molecule has 1 aromatic heterocycles. The highest BCUT2D eigenvalue weighted by Gasteiger charge is 2.16. The molecule has 2 heterocycles. The van der Waals surface area contributed by atoms with Gasteiger partial charge in [-0.1, -0.05) is 0 Å². The topological polar surface area (TPSA) is 58.4 Å². The molecule has 0 aromatic carbocycles. The second-order valence-electron chi connectivity index (χ2n) is 4.93. The molecule has 0 fully saturated rings. The van der Waals surface area contributed by atoms with Crippen LogP contribution in [0.25, 0.3) is 0 Å². The molecule has 0 aliphatic carbocycles. The van der Waals surface area contributed by atoms with Crippen LogP contribution in [0.1, 0.15) is 23.8 Å². The van der Waals surface area contributed by atoms with Crippen molar-refractivity contribution in [3.05, 3.63) is 21.9 Å². The van der Waals surface area contributed by atoms with Gasteiger partial charge in [0.1, 0.15) is 0 Å². The van der Waals surface area contributed by atoms with E-state index in [1.54, 1.807) is 0 Å². The van der Waals surface area contributed by atoms with Crippen LogP contribution in [0.2, 0.25) is 0 Å². The van der Waals surface area contributed by atoms with E-state index in [-0.39, 0.29) is 36.8 Å². The molecule has 0 saturated carbocycles. The molecule has 4 nitrogen and oxygen atoms in total. The molecular formula is C13H23Cl2N3OS. The maximum absolute atomic E-state index is 11.4. The lowest BCUT2D eigenvalue weighted by molar-refractivity contribution is -0.121. The Labute approximate surface area is 136 Å². The van der Waals surface area contributed by atoms with E-state index in [4.69, 9.17) is 5.73 Å². The summed E-state index contributed by atoms with van der Waals surface area (Å²) in [5.41, 5.74) is 7.03. The van der Waals surface area contributed by atoms with E-state index in [1.165, 1.54) is 10.4 Å². The quantitative estimate of drug-likeness (QED) is 0.859. The van der Waals surface area contributed by atoms with Crippen molar-refractivity contribution in [3.8, 4) is 0 Å².